The molecule has 5 heteroatoms. The fourth-order valence-electron chi connectivity index (χ4n) is 3.56. The number of carbonyl (C=O) groups excluding carboxylic acids is 1. The van der Waals surface area contributed by atoms with Gasteiger partial charge in [-0.15, -0.1) is 0 Å². The van der Waals surface area contributed by atoms with Crippen LogP contribution in [-0.2, 0) is 6.42 Å². The molecule has 0 spiro atoms. The van der Waals surface area contributed by atoms with Gasteiger partial charge in [0.05, 0.1) is 0 Å². The molecule has 0 radical (unpaired) electrons. The molecule has 0 heterocycles. The molecular formula is C26H30N4O. The maximum atomic E-state index is 11.8. The van der Waals surface area contributed by atoms with Crippen molar-refractivity contribution in [1.29, 1.82) is 0 Å². The molecule has 31 heavy (non-hydrogen) atoms. The quantitative estimate of drug-likeness (QED) is 0.390. The number of nitrogens with zero attached hydrogens (tertiary/aromatic N) is 1. The normalized spacial score (nSPS) is 11.3. The molecule has 0 aliphatic heterocycles. The molecule has 0 unspecified atom stereocenters. The van der Waals surface area contributed by atoms with E-state index in [2.05, 4.69) is 69.5 Å². The molecule has 0 saturated carbocycles. The Morgan fingerprint density at radius 1 is 0.871 bits per heavy atom. The Bertz CT molecular complexity index is 947. The minimum Gasteiger partial charge on any atom is -0.356 e. The Labute approximate surface area is 184 Å². The minimum absolute atomic E-state index is 0.0693. The molecule has 3 aromatic carbocycles. The van der Waals surface area contributed by atoms with E-state index in [4.69, 9.17) is 0 Å². The zero-order valence-electron chi connectivity index (χ0n) is 18.1. The largest absolute Gasteiger partial charge is 0.356 e. The van der Waals surface area contributed by atoms with E-state index in [1.54, 1.807) is 14.1 Å². The van der Waals surface area contributed by atoms with Gasteiger partial charge in [-0.1, -0.05) is 72.8 Å². The van der Waals surface area contributed by atoms with Crippen molar-refractivity contribution in [2.75, 3.05) is 27.2 Å². The molecule has 0 aromatic heterocycles. The fraction of sp³-hybridized carbons (Fsp3) is 0.231. The third-order valence-corrected chi connectivity index (χ3v) is 5.22. The van der Waals surface area contributed by atoms with Crippen LogP contribution in [0.3, 0.4) is 0 Å². The molecule has 0 fully saturated rings. The monoisotopic (exact) mass is 414 g/mol. The number of aliphatic imine (C=N–C) groups is 1. The van der Waals surface area contributed by atoms with Gasteiger partial charge in [-0.3, -0.25) is 9.79 Å². The van der Waals surface area contributed by atoms with Crippen LogP contribution in [0.4, 0.5) is 0 Å². The Balaban J connectivity index is 1.58. The summed E-state index contributed by atoms with van der Waals surface area (Å²) in [7, 11) is 3.42. The van der Waals surface area contributed by atoms with Crippen molar-refractivity contribution in [3.8, 4) is 0 Å². The fourth-order valence-corrected chi connectivity index (χ4v) is 3.56. The Hall–Kier alpha value is -3.60. The lowest BCUT2D eigenvalue weighted by Gasteiger charge is -2.20. The molecular weight excluding hydrogens is 384 g/mol. The summed E-state index contributed by atoms with van der Waals surface area (Å²) < 4.78 is 0. The number of benzene rings is 3. The van der Waals surface area contributed by atoms with Crippen LogP contribution in [-0.4, -0.2) is 39.1 Å². The minimum atomic E-state index is -0.0693. The molecule has 0 atom stereocenters. The van der Waals surface area contributed by atoms with Gasteiger partial charge in [0.1, 0.15) is 0 Å². The Kier molecular flexibility index (Phi) is 8.23. The first-order chi connectivity index (χ1) is 15.2. The predicted molar refractivity (Wildman–Crippen MR) is 128 cm³/mol. The standard InChI is InChI=1S/C26H30N4O/c1-27-25(31)23-15-9-10-20(18-23)16-17-29-26(28-2)30-19-24(21-11-5-3-6-12-21)22-13-7-4-8-14-22/h3-15,18,24H,16-17,19H2,1-2H3,(H,27,31)(H2,28,29,30). The summed E-state index contributed by atoms with van der Waals surface area (Å²) in [5.74, 6) is 0.921. The topological polar surface area (TPSA) is 65.5 Å². The Morgan fingerprint density at radius 3 is 2.10 bits per heavy atom. The van der Waals surface area contributed by atoms with Crippen LogP contribution in [0.5, 0.6) is 0 Å². The molecule has 0 aliphatic carbocycles. The van der Waals surface area contributed by atoms with Crippen LogP contribution < -0.4 is 16.0 Å². The predicted octanol–water partition coefficient (Wildman–Crippen LogP) is 3.59. The number of amides is 1. The van der Waals surface area contributed by atoms with Crippen LogP contribution >= 0.6 is 0 Å². The van der Waals surface area contributed by atoms with Crippen LogP contribution in [0.2, 0.25) is 0 Å². The van der Waals surface area contributed by atoms with Crippen molar-refractivity contribution in [3.05, 3.63) is 107 Å². The highest BCUT2D eigenvalue weighted by Gasteiger charge is 2.14. The lowest BCUT2D eigenvalue weighted by molar-refractivity contribution is 0.0963. The van der Waals surface area contributed by atoms with Gasteiger partial charge in [0.2, 0.25) is 0 Å². The maximum absolute atomic E-state index is 11.8. The van der Waals surface area contributed by atoms with E-state index in [9.17, 15) is 4.79 Å². The van der Waals surface area contributed by atoms with E-state index in [0.717, 1.165) is 31.0 Å². The first-order valence-corrected chi connectivity index (χ1v) is 10.6. The second-order valence-corrected chi connectivity index (χ2v) is 7.28. The molecule has 0 aliphatic rings. The Morgan fingerprint density at radius 2 is 1.52 bits per heavy atom. The summed E-state index contributed by atoms with van der Waals surface area (Å²) in [6.45, 7) is 1.46. The maximum Gasteiger partial charge on any atom is 0.251 e. The van der Waals surface area contributed by atoms with Gasteiger partial charge < -0.3 is 16.0 Å². The van der Waals surface area contributed by atoms with E-state index < -0.39 is 0 Å². The summed E-state index contributed by atoms with van der Waals surface area (Å²) in [5, 5.41) is 9.51. The average molecular weight is 415 g/mol. The molecule has 5 nitrogen and oxygen atoms in total. The molecule has 3 N–H and O–H groups in total. The zero-order chi connectivity index (χ0) is 21.9. The number of hydrogen-bond donors (Lipinski definition) is 3. The third-order valence-electron chi connectivity index (χ3n) is 5.22. The SMILES string of the molecule is CN=C(NCCc1cccc(C(=O)NC)c1)NCC(c1ccccc1)c1ccccc1. The van der Waals surface area contributed by atoms with E-state index in [1.807, 2.05) is 36.4 Å². The van der Waals surface area contributed by atoms with E-state index in [1.165, 1.54) is 11.1 Å². The lowest BCUT2D eigenvalue weighted by atomic mass is 9.91. The summed E-state index contributed by atoms with van der Waals surface area (Å²) in [5.41, 5.74) is 4.32. The molecule has 160 valence electrons. The summed E-state index contributed by atoms with van der Waals surface area (Å²) in [6.07, 6.45) is 0.798. The second-order valence-electron chi connectivity index (χ2n) is 7.28. The van der Waals surface area contributed by atoms with Gasteiger partial charge in [-0.05, 0) is 35.2 Å². The highest BCUT2D eigenvalue weighted by atomic mass is 16.1. The average Bonchev–Trinajstić information content (AvgIpc) is 2.84. The van der Waals surface area contributed by atoms with Crippen molar-refractivity contribution < 1.29 is 4.79 Å². The van der Waals surface area contributed by atoms with Gasteiger partial charge in [0.25, 0.3) is 5.91 Å². The second kappa shape index (κ2) is 11.6. The van der Waals surface area contributed by atoms with Crippen LogP contribution in [0.15, 0.2) is 89.9 Å². The van der Waals surface area contributed by atoms with Gasteiger partial charge in [0.15, 0.2) is 5.96 Å². The molecule has 3 aromatic rings. The van der Waals surface area contributed by atoms with E-state index in [-0.39, 0.29) is 11.8 Å². The van der Waals surface area contributed by atoms with Crippen LogP contribution in [0.1, 0.15) is 33.0 Å². The zero-order valence-corrected chi connectivity index (χ0v) is 18.1. The highest BCUT2D eigenvalue weighted by molar-refractivity contribution is 5.94. The van der Waals surface area contributed by atoms with E-state index in [0.29, 0.717) is 5.56 Å². The molecule has 0 bridgehead atoms. The first kappa shape index (κ1) is 22.1. The van der Waals surface area contributed by atoms with Crippen LogP contribution in [0, 0.1) is 0 Å². The smallest absolute Gasteiger partial charge is 0.251 e. The molecule has 0 saturated heterocycles. The van der Waals surface area contributed by atoms with Gasteiger partial charge >= 0.3 is 0 Å². The number of guanidine groups is 1. The first-order valence-electron chi connectivity index (χ1n) is 10.6. The van der Waals surface area contributed by atoms with Crippen molar-refractivity contribution in [2.45, 2.75) is 12.3 Å². The number of hydrogen-bond acceptors (Lipinski definition) is 2. The summed E-state index contributed by atoms with van der Waals surface area (Å²) >= 11 is 0. The van der Waals surface area contributed by atoms with Crippen LogP contribution in [0.25, 0.3) is 0 Å². The van der Waals surface area contributed by atoms with Crippen molar-refractivity contribution in [2.24, 2.45) is 4.99 Å². The van der Waals surface area contributed by atoms with Gasteiger partial charge in [-0.25, -0.2) is 0 Å². The molecule has 3 rings (SSSR count). The van der Waals surface area contributed by atoms with Crippen molar-refractivity contribution in [3.63, 3.8) is 0 Å². The van der Waals surface area contributed by atoms with Crippen molar-refractivity contribution in [1.82, 2.24) is 16.0 Å². The van der Waals surface area contributed by atoms with Gasteiger partial charge in [0, 0.05) is 38.7 Å². The van der Waals surface area contributed by atoms with E-state index >= 15 is 0 Å². The lowest BCUT2D eigenvalue weighted by Crippen LogP contribution is -2.40. The highest BCUT2D eigenvalue weighted by Crippen LogP contribution is 2.23. The molecule has 1 amide bonds. The number of carbonyl (C=O) groups is 1. The summed E-state index contributed by atoms with van der Waals surface area (Å²) in [4.78, 5) is 16.2. The van der Waals surface area contributed by atoms with Gasteiger partial charge in [-0.2, -0.15) is 0 Å². The number of nitrogens with one attached hydrogen (secondary N) is 3. The van der Waals surface area contributed by atoms with Crippen molar-refractivity contribution >= 4 is 11.9 Å². The number of rotatable bonds is 8. The third kappa shape index (κ3) is 6.44. The summed E-state index contributed by atoms with van der Waals surface area (Å²) in [6, 6.07) is 28.7.